The zero-order valence-electron chi connectivity index (χ0n) is 13.6. The Morgan fingerprint density at radius 1 is 1.33 bits per heavy atom. The number of nitrogens with one attached hydrogen (secondary N) is 1. The molecule has 0 atom stereocenters. The average Bonchev–Trinajstić information content (AvgIpc) is 3.02. The molecule has 8 nitrogen and oxygen atoms in total. The third kappa shape index (κ3) is 4.48. The Balaban J connectivity index is 1.89. The molecule has 3 aromatic rings. The van der Waals surface area contributed by atoms with E-state index < -0.39 is 21.7 Å². The van der Waals surface area contributed by atoms with Gasteiger partial charge >= 0.3 is 0 Å². The van der Waals surface area contributed by atoms with Crippen LogP contribution >= 0.6 is 11.6 Å². The molecule has 27 heavy (non-hydrogen) atoms. The summed E-state index contributed by atoms with van der Waals surface area (Å²) in [4.78, 5) is 15.8. The summed E-state index contributed by atoms with van der Waals surface area (Å²) in [5.74, 6) is -1.07. The highest BCUT2D eigenvalue weighted by atomic mass is 35.5. The summed E-state index contributed by atoms with van der Waals surface area (Å²) in [7, 11) is -4.16. The SMILES string of the molecule is NS(=O)(=O)c1cc(NC(=O)Cc2cccnc2Cl)ccc1-n1cc(F)cn1. The molecule has 0 fully saturated rings. The van der Waals surface area contributed by atoms with Gasteiger partial charge < -0.3 is 5.32 Å². The number of primary sulfonamides is 1. The van der Waals surface area contributed by atoms with E-state index in [1.165, 1.54) is 24.4 Å². The number of halogens is 2. The van der Waals surface area contributed by atoms with Crippen LogP contribution in [-0.4, -0.2) is 29.1 Å². The zero-order valence-corrected chi connectivity index (χ0v) is 15.2. The number of carbonyl (C=O) groups is 1. The highest BCUT2D eigenvalue weighted by molar-refractivity contribution is 7.89. The molecule has 1 amide bonds. The summed E-state index contributed by atoms with van der Waals surface area (Å²) >= 11 is 5.92. The molecule has 3 rings (SSSR count). The van der Waals surface area contributed by atoms with Crippen molar-refractivity contribution in [3.8, 4) is 5.69 Å². The van der Waals surface area contributed by atoms with Crippen molar-refractivity contribution < 1.29 is 17.6 Å². The lowest BCUT2D eigenvalue weighted by atomic mass is 10.2. The maximum absolute atomic E-state index is 13.2. The number of rotatable bonds is 5. The second-order valence-electron chi connectivity index (χ2n) is 5.51. The van der Waals surface area contributed by atoms with Gasteiger partial charge in [0.1, 0.15) is 10.0 Å². The molecule has 0 unspecified atom stereocenters. The highest BCUT2D eigenvalue weighted by Crippen LogP contribution is 2.23. The average molecular weight is 410 g/mol. The second-order valence-corrected chi connectivity index (χ2v) is 7.40. The number of anilines is 1. The van der Waals surface area contributed by atoms with Crippen LogP contribution in [0.3, 0.4) is 0 Å². The first kappa shape index (κ1) is 19.0. The summed E-state index contributed by atoms with van der Waals surface area (Å²) in [6, 6.07) is 7.28. The molecular weight excluding hydrogens is 397 g/mol. The minimum absolute atomic E-state index is 0.0507. The summed E-state index contributed by atoms with van der Waals surface area (Å²) in [5.41, 5.74) is 0.766. The van der Waals surface area contributed by atoms with Gasteiger partial charge in [-0.15, -0.1) is 0 Å². The Morgan fingerprint density at radius 2 is 2.11 bits per heavy atom. The van der Waals surface area contributed by atoms with Crippen LogP contribution in [0.25, 0.3) is 5.69 Å². The molecule has 0 spiro atoms. The number of nitrogens with zero attached hydrogens (tertiary/aromatic N) is 3. The van der Waals surface area contributed by atoms with Crippen LogP contribution in [0.4, 0.5) is 10.1 Å². The van der Waals surface area contributed by atoms with Gasteiger partial charge in [-0.05, 0) is 29.8 Å². The number of carbonyl (C=O) groups excluding carboxylic acids is 1. The number of aromatic nitrogens is 3. The third-order valence-electron chi connectivity index (χ3n) is 3.54. The molecule has 0 saturated heterocycles. The number of hydrogen-bond donors (Lipinski definition) is 2. The summed E-state index contributed by atoms with van der Waals surface area (Å²) in [6.45, 7) is 0. The van der Waals surface area contributed by atoms with E-state index in [2.05, 4.69) is 15.4 Å². The number of nitrogens with two attached hydrogens (primary N) is 1. The monoisotopic (exact) mass is 409 g/mol. The van der Waals surface area contributed by atoms with Crippen molar-refractivity contribution in [2.24, 2.45) is 5.14 Å². The number of pyridine rings is 1. The molecule has 0 aliphatic rings. The van der Waals surface area contributed by atoms with Gasteiger partial charge in [-0.25, -0.2) is 27.6 Å². The van der Waals surface area contributed by atoms with E-state index in [0.29, 0.717) is 5.56 Å². The summed E-state index contributed by atoms with van der Waals surface area (Å²) in [6.07, 6.45) is 3.38. The van der Waals surface area contributed by atoms with Gasteiger partial charge in [0.25, 0.3) is 0 Å². The van der Waals surface area contributed by atoms with Gasteiger partial charge in [0.15, 0.2) is 5.82 Å². The molecule has 0 radical (unpaired) electrons. The minimum Gasteiger partial charge on any atom is -0.326 e. The van der Waals surface area contributed by atoms with Gasteiger partial charge in [0.2, 0.25) is 15.9 Å². The number of benzene rings is 1. The van der Waals surface area contributed by atoms with Crippen LogP contribution in [0.15, 0.2) is 53.8 Å². The molecule has 140 valence electrons. The lowest BCUT2D eigenvalue weighted by Gasteiger charge is -2.11. The van der Waals surface area contributed by atoms with Crippen molar-refractivity contribution >= 4 is 33.2 Å². The van der Waals surface area contributed by atoms with Crippen LogP contribution in [0.2, 0.25) is 5.15 Å². The van der Waals surface area contributed by atoms with Crippen LogP contribution in [0.5, 0.6) is 0 Å². The molecule has 2 heterocycles. The zero-order chi connectivity index (χ0) is 19.6. The fourth-order valence-electron chi connectivity index (χ4n) is 2.37. The topological polar surface area (TPSA) is 120 Å². The normalized spacial score (nSPS) is 11.4. The maximum atomic E-state index is 13.2. The van der Waals surface area contributed by atoms with Gasteiger partial charge in [-0.2, -0.15) is 5.10 Å². The lowest BCUT2D eigenvalue weighted by Crippen LogP contribution is -2.18. The van der Waals surface area contributed by atoms with E-state index in [1.807, 2.05) is 0 Å². The van der Waals surface area contributed by atoms with Crippen molar-refractivity contribution in [1.29, 1.82) is 0 Å². The van der Waals surface area contributed by atoms with Gasteiger partial charge in [-0.1, -0.05) is 17.7 Å². The minimum atomic E-state index is -4.16. The molecule has 0 aliphatic heterocycles. The van der Waals surface area contributed by atoms with E-state index in [4.69, 9.17) is 16.7 Å². The molecule has 0 aliphatic carbocycles. The van der Waals surface area contributed by atoms with Crippen LogP contribution < -0.4 is 10.5 Å². The Hall–Kier alpha value is -2.82. The Morgan fingerprint density at radius 3 is 2.74 bits per heavy atom. The van der Waals surface area contributed by atoms with Gasteiger partial charge in [0, 0.05) is 11.9 Å². The number of sulfonamides is 1. The smallest absolute Gasteiger partial charge is 0.240 e. The summed E-state index contributed by atoms with van der Waals surface area (Å²) < 4.78 is 38.1. The van der Waals surface area contributed by atoms with E-state index >= 15 is 0 Å². The lowest BCUT2D eigenvalue weighted by molar-refractivity contribution is -0.115. The Kier molecular flexibility index (Phi) is 5.22. The van der Waals surface area contributed by atoms with Crippen molar-refractivity contribution in [2.45, 2.75) is 11.3 Å². The first-order chi connectivity index (χ1) is 12.7. The number of hydrogen-bond acceptors (Lipinski definition) is 5. The number of amides is 1. The van der Waals surface area contributed by atoms with Gasteiger partial charge in [-0.3, -0.25) is 4.79 Å². The molecule has 1 aromatic carbocycles. The Labute approximate surface area is 158 Å². The molecule has 0 saturated carbocycles. The highest BCUT2D eigenvalue weighted by Gasteiger charge is 2.18. The maximum Gasteiger partial charge on any atom is 0.240 e. The standard InChI is InChI=1S/C16H13ClFN5O3S/c17-16-10(2-1-5-20-16)6-15(24)22-12-3-4-13(14(7-12)27(19,25)26)23-9-11(18)8-21-23/h1-5,7-9H,6H2,(H,22,24)(H2,19,25,26). The van der Waals surface area contributed by atoms with E-state index in [-0.39, 0.29) is 27.8 Å². The quantitative estimate of drug-likeness (QED) is 0.623. The molecule has 2 aromatic heterocycles. The van der Waals surface area contributed by atoms with Crippen molar-refractivity contribution in [1.82, 2.24) is 14.8 Å². The predicted molar refractivity (Wildman–Crippen MR) is 96.5 cm³/mol. The van der Waals surface area contributed by atoms with Crippen molar-refractivity contribution in [3.05, 3.63) is 65.5 Å². The Bertz CT molecular complexity index is 1120. The van der Waals surface area contributed by atoms with Crippen LogP contribution in [-0.2, 0) is 21.2 Å². The van der Waals surface area contributed by atoms with E-state index in [9.17, 15) is 17.6 Å². The van der Waals surface area contributed by atoms with Crippen LogP contribution in [0, 0.1) is 5.82 Å². The van der Waals surface area contributed by atoms with Crippen molar-refractivity contribution in [2.75, 3.05) is 5.32 Å². The first-order valence-corrected chi connectivity index (χ1v) is 9.43. The van der Waals surface area contributed by atoms with Crippen LogP contribution in [0.1, 0.15) is 5.56 Å². The molecule has 3 N–H and O–H groups in total. The van der Waals surface area contributed by atoms with E-state index in [1.54, 1.807) is 12.1 Å². The van der Waals surface area contributed by atoms with Gasteiger partial charge in [0.05, 0.1) is 24.5 Å². The van der Waals surface area contributed by atoms with E-state index in [0.717, 1.165) is 17.1 Å². The molecule has 11 heteroatoms. The fourth-order valence-corrected chi connectivity index (χ4v) is 3.30. The summed E-state index contributed by atoms with van der Waals surface area (Å²) in [5, 5.41) is 11.7. The third-order valence-corrected chi connectivity index (χ3v) is 4.82. The largest absolute Gasteiger partial charge is 0.326 e. The first-order valence-electron chi connectivity index (χ1n) is 7.50. The fraction of sp³-hybridized carbons (Fsp3) is 0.0625. The van der Waals surface area contributed by atoms with Crippen molar-refractivity contribution in [3.63, 3.8) is 0 Å². The second kappa shape index (κ2) is 7.43. The molecule has 0 bridgehead atoms. The predicted octanol–water partition coefficient (Wildman–Crippen LogP) is 1.89. The molecular formula is C16H13ClFN5O3S.